The van der Waals surface area contributed by atoms with E-state index in [2.05, 4.69) is 51.1 Å². The van der Waals surface area contributed by atoms with Crippen molar-refractivity contribution in [1.82, 2.24) is 4.90 Å². The van der Waals surface area contributed by atoms with Gasteiger partial charge in [-0.1, -0.05) is 81.4 Å². The minimum Gasteiger partial charge on any atom is -0.401 e. The van der Waals surface area contributed by atoms with Gasteiger partial charge in [0, 0.05) is 13.1 Å². The van der Waals surface area contributed by atoms with Gasteiger partial charge in [0.05, 0.1) is 25.4 Å². The van der Waals surface area contributed by atoms with Gasteiger partial charge in [0.1, 0.15) is 6.17 Å². The Bertz CT molecular complexity index is 883. The third kappa shape index (κ3) is 3.85. The van der Waals surface area contributed by atoms with Crippen molar-refractivity contribution in [3.8, 4) is 6.07 Å². The van der Waals surface area contributed by atoms with E-state index in [-0.39, 0.29) is 11.6 Å². The summed E-state index contributed by atoms with van der Waals surface area (Å²) >= 11 is 0. The molecule has 0 spiro atoms. The molecule has 0 unspecified atom stereocenters. The smallest absolute Gasteiger partial charge is 0.261 e. The topological polar surface area (TPSA) is 45.5 Å². The number of hydrogen-bond donors (Lipinski definition) is 0. The Balaban J connectivity index is 1.68. The number of ether oxygens (including phenoxy) is 1. The number of nitrogens with zero attached hydrogens (tertiary/aromatic N) is 2. The predicted octanol–water partition coefficient (Wildman–Crippen LogP) is 3.27. The number of likely N-dealkylation sites (tertiary alicyclic amines) is 1. The molecule has 2 atom stereocenters. The van der Waals surface area contributed by atoms with Crippen molar-refractivity contribution < 1.29 is 13.6 Å². The Morgan fingerprint density at radius 3 is 2.00 bits per heavy atom. The van der Waals surface area contributed by atoms with Crippen LogP contribution in [0.1, 0.15) is 27.2 Å². The summed E-state index contributed by atoms with van der Waals surface area (Å²) in [6.45, 7) is 8.18. The number of rotatable bonds is 5. The Morgan fingerprint density at radius 1 is 1.06 bits per heavy atom. The van der Waals surface area contributed by atoms with Crippen molar-refractivity contribution in [1.29, 1.82) is 5.26 Å². The van der Waals surface area contributed by atoms with E-state index < -0.39 is 26.1 Å². The van der Waals surface area contributed by atoms with Crippen molar-refractivity contribution in [2.45, 2.75) is 50.0 Å². The van der Waals surface area contributed by atoms with Crippen LogP contribution in [0, 0.1) is 11.3 Å². The molecule has 2 heterocycles. The summed E-state index contributed by atoms with van der Waals surface area (Å²) < 4.78 is 27.9. The minimum atomic E-state index is -2.80. The number of piperidine rings is 1. The normalized spacial score (nSPS) is 24.2. The molecule has 0 aliphatic carbocycles. The van der Waals surface area contributed by atoms with E-state index in [9.17, 15) is 5.26 Å². The summed E-state index contributed by atoms with van der Waals surface area (Å²) in [6, 6.07) is 23.0. The highest BCUT2D eigenvalue weighted by Crippen LogP contribution is 2.39. The highest BCUT2D eigenvalue weighted by molar-refractivity contribution is 6.99. The Hall–Kier alpha value is -2.04. The van der Waals surface area contributed by atoms with Gasteiger partial charge in [0.2, 0.25) is 0 Å². The fraction of sp³-hybridized carbons (Fsp3) is 0.480. The molecule has 0 amide bonds. The third-order valence-electron chi connectivity index (χ3n) is 6.72. The quantitative estimate of drug-likeness (QED) is 0.672. The van der Waals surface area contributed by atoms with Crippen LogP contribution in [0.5, 0.6) is 0 Å². The first-order valence-electron chi connectivity index (χ1n) is 11.0. The molecule has 0 saturated carbocycles. The van der Waals surface area contributed by atoms with Crippen LogP contribution < -0.4 is 10.4 Å². The number of nitriles is 1. The van der Waals surface area contributed by atoms with Crippen LogP contribution in [-0.2, 0) is 9.16 Å². The van der Waals surface area contributed by atoms with Gasteiger partial charge < -0.3 is 9.16 Å². The average Bonchev–Trinajstić information content (AvgIpc) is 2.73. The van der Waals surface area contributed by atoms with Crippen LogP contribution in [-0.4, -0.2) is 57.3 Å². The molecule has 2 aromatic carbocycles. The van der Waals surface area contributed by atoms with E-state index in [0.717, 1.165) is 10.4 Å². The second-order valence-electron chi connectivity index (χ2n) is 9.71. The summed E-state index contributed by atoms with van der Waals surface area (Å²) in [5, 5.41) is 11.7. The molecule has 2 aliphatic rings. The average molecular weight is 439 g/mol. The highest BCUT2D eigenvalue weighted by atomic mass is 28.4. The molecule has 2 saturated heterocycles. The van der Waals surface area contributed by atoms with Crippen LogP contribution in [0.15, 0.2) is 60.7 Å². The fourth-order valence-electron chi connectivity index (χ4n) is 4.94. The van der Waals surface area contributed by atoms with E-state index in [4.69, 9.17) is 9.16 Å². The molecule has 164 valence electrons. The summed E-state index contributed by atoms with van der Waals surface area (Å²) in [5.41, 5.74) is -0.674. The summed E-state index contributed by atoms with van der Waals surface area (Å²) in [6.07, 6.45) is -1.09. The zero-order valence-electron chi connectivity index (χ0n) is 18.6. The molecule has 0 aromatic heterocycles. The van der Waals surface area contributed by atoms with Crippen LogP contribution in [0.4, 0.5) is 4.39 Å². The maximum atomic E-state index is 15.6. The monoisotopic (exact) mass is 438 g/mol. The van der Waals surface area contributed by atoms with E-state index in [0.29, 0.717) is 26.2 Å². The molecule has 0 radical (unpaired) electrons. The first-order chi connectivity index (χ1) is 14.8. The van der Waals surface area contributed by atoms with Crippen molar-refractivity contribution in [2.24, 2.45) is 0 Å². The number of alkyl halides is 1. The second kappa shape index (κ2) is 8.48. The van der Waals surface area contributed by atoms with E-state index in [1.165, 1.54) is 0 Å². The van der Waals surface area contributed by atoms with Crippen molar-refractivity contribution in [3.05, 3.63) is 60.7 Å². The van der Waals surface area contributed by atoms with Crippen LogP contribution in [0.2, 0.25) is 5.04 Å². The van der Waals surface area contributed by atoms with Gasteiger partial charge in [0.25, 0.3) is 8.32 Å². The van der Waals surface area contributed by atoms with E-state index in [1.807, 2.05) is 41.3 Å². The maximum absolute atomic E-state index is 15.6. The molecule has 2 fully saturated rings. The third-order valence-corrected chi connectivity index (χ3v) is 11.8. The van der Waals surface area contributed by atoms with Crippen LogP contribution >= 0.6 is 0 Å². The summed E-state index contributed by atoms with van der Waals surface area (Å²) in [5.74, 6) is 0. The highest BCUT2D eigenvalue weighted by Gasteiger charge is 2.54. The lowest BCUT2D eigenvalue weighted by Gasteiger charge is -2.50. The van der Waals surface area contributed by atoms with Gasteiger partial charge in [-0.15, -0.1) is 0 Å². The molecule has 2 aliphatic heterocycles. The molecular weight excluding hydrogens is 407 g/mol. The van der Waals surface area contributed by atoms with E-state index >= 15 is 4.39 Å². The first kappa shape index (κ1) is 22.2. The lowest BCUT2D eigenvalue weighted by Crippen LogP contribution is -2.70. The lowest BCUT2D eigenvalue weighted by atomic mass is 9.93. The lowest BCUT2D eigenvalue weighted by molar-refractivity contribution is -0.131. The van der Waals surface area contributed by atoms with Gasteiger partial charge >= 0.3 is 0 Å². The number of halogens is 1. The van der Waals surface area contributed by atoms with Gasteiger partial charge in [-0.3, -0.25) is 4.90 Å². The minimum absolute atomic E-state index is 0.192. The summed E-state index contributed by atoms with van der Waals surface area (Å²) in [4.78, 5) is 1.95. The van der Waals surface area contributed by atoms with E-state index in [1.54, 1.807) is 0 Å². The van der Waals surface area contributed by atoms with Gasteiger partial charge in [0.15, 0.2) is 5.54 Å². The first-order valence-corrected chi connectivity index (χ1v) is 12.9. The van der Waals surface area contributed by atoms with Crippen LogP contribution in [0.3, 0.4) is 0 Å². The zero-order chi connectivity index (χ0) is 22.1. The molecule has 0 N–H and O–H groups in total. The molecule has 31 heavy (non-hydrogen) atoms. The Labute approximate surface area is 185 Å². The maximum Gasteiger partial charge on any atom is 0.261 e. The molecule has 4 rings (SSSR count). The molecule has 6 heteroatoms. The van der Waals surface area contributed by atoms with Gasteiger partial charge in [-0.2, -0.15) is 5.26 Å². The largest absolute Gasteiger partial charge is 0.401 e. The van der Waals surface area contributed by atoms with Gasteiger partial charge in [-0.05, 0) is 21.8 Å². The Kier molecular flexibility index (Phi) is 6.06. The standard InChI is InChI=1S/C25H31FN2O2Si/c1-24(2,3)31(20-10-6-4-7-11-20,21-12-8-5-9-13-21)30-23-14-15-28(16-22(23)26)25(17-27)18-29-19-25/h4-13,22-23H,14-16,18-19H2,1-3H3/t22-,23+/m0/s1. The molecular formula is C25H31FN2O2Si. The zero-order valence-corrected chi connectivity index (χ0v) is 19.6. The fourth-order valence-corrected chi connectivity index (χ4v) is 9.67. The SMILES string of the molecule is CC(C)(C)[Si](O[C@@H]1CCN(C2(C#N)COC2)C[C@@H]1F)(c1ccccc1)c1ccccc1. The molecule has 0 bridgehead atoms. The molecule has 4 nitrogen and oxygen atoms in total. The number of benzene rings is 2. The van der Waals surface area contributed by atoms with Crippen molar-refractivity contribution >= 4 is 18.7 Å². The van der Waals surface area contributed by atoms with Gasteiger partial charge in [-0.25, -0.2) is 4.39 Å². The summed E-state index contributed by atoms with van der Waals surface area (Å²) in [7, 11) is -2.80. The second-order valence-corrected chi connectivity index (χ2v) is 14.0. The Morgan fingerprint density at radius 2 is 1.61 bits per heavy atom. The van der Waals surface area contributed by atoms with Crippen molar-refractivity contribution in [2.75, 3.05) is 26.3 Å². The van der Waals surface area contributed by atoms with Crippen molar-refractivity contribution in [3.63, 3.8) is 0 Å². The molecule has 2 aromatic rings. The predicted molar refractivity (Wildman–Crippen MR) is 123 cm³/mol. The van der Waals surface area contributed by atoms with Crippen LogP contribution in [0.25, 0.3) is 0 Å². The number of hydrogen-bond acceptors (Lipinski definition) is 4.